The van der Waals surface area contributed by atoms with Crippen LogP contribution in [-0.4, -0.2) is 20.9 Å². The Morgan fingerprint density at radius 2 is 2.05 bits per heavy atom. The van der Waals surface area contributed by atoms with E-state index in [0.717, 1.165) is 28.3 Å². The number of fused-ring (bicyclic) bond motifs is 1. The summed E-state index contributed by atoms with van der Waals surface area (Å²) >= 11 is 3.45. The van der Waals surface area contributed by atoms with Crippen LogP contribution in [-0.2, 0) is 0 Å². The van der Waals surface area contributed by atoms with Crippen molar-refractivity contribution in [3.63, 3.8) is 0 Å². The summed E-state index contributed by atoms with van der Waals surface area (Å²) in [6, 6.07) is 10.2. The lowest BCUT2D eigenvalue weighted by atomic mass is 10.3. The fraction of sp³-hybridized carbons (Fsp3) is 0.143. The average Bonchev–Trinajstić information content (AvgIpc) is 2.89. The fourth-order valence-corrected chi connectivity index (χ4v) is 2.52. The van der Waals surface area contributed by atoms with Crippen LogP contribution in [0.15, 0.2) is 53.5 Å². The van der Waals surface area contributed by atoms with Gasteiger partial charge < -0.3 is 9.30 Å². The van der Waals surface area contributed by atoms with Crippen LogP contribution in [0, 0.1) is 0 Å². The molecule has 3 aromatic rings. The highest BCUT2D eigenvalue weighted by Crippen LogP contribution is 2.27. The zero-order chi connectivity index (χ0) is 13.2. The van der Waals surface area contributed by atoms with E-state index >= 15 is 0 Å². The van der Waals surface area contributed by atoms with E-state index < -0.39 is 0 Å². The van der Waals surface area contributed by atoms with Crippen LogP contribution in [0.1, 0.15) is 6.92 Å². The van der Waals surface area contributed by atoms with E-state index in [1.165, 1.54) is 0 Å². The Hall–Kier alpha value is -1.88. The second kappa shape index (κ2) is 5.01. The van der Waals surface area contributed by atoms with Gasteiger partial charge in [-0.1, -0.05) is 18.2 Å². The van der Waals surface area contributed by atoms with Gasteiger partial charge in [0.05, 0.1) is 0 Å². The Balaban J connectivity index is 2.19. The summed E-state index contributed by atoms with van der Waals surface area (Å²) < 4.78 is 2.76. The first-order chi connectivity index (χ1) is 9.29. The maximum absolute atomic E-state index is 4.58. The standard InChI is InChI=1S/C14H13BrN4/c1-2-19(11-6-4-3-5-7-11)14-13-16-8-9-18(13)10-12(15)17-14/h3-10H,2H2,1H3. The van der Waals surface area contributed by atoms with Gasteiger partial charge in [-0.3, -0.25) is 0 Å². The predicted molar refractivity (Wildman–Crippen MR) is 79.8 cm³/mol. The number of hydrogen-bond donors (Lipinski definition) is 0. The Bertz CT molecular complexity index is 693. The topological polar surface area (TPSA) is 33.4 Å². The number of anilines is 2. The Kier molecular flexibility index (Phi) is 3.21. The average molecular weight is 317 g/mol. The molecule has 0 aliphatic rings. The number of aromatic nitrogens is 3. The van der Waals surface area contributed by atoms with Gasteiger partial charge >= 0.3 is 0 Å². The van der Waals surface area contributed by atoms with E-state index in [-0.39, 0.29) is 0 Å². The lowest BCUT2D eigenvalue weighted by Crippen LogP contribution is -2.18. The Morgan fingerprint density at radius 1 is 1.26 bits per heavy atom. The van der Waals surface area contributed by atoms with E-state index in [4.69, 9.17) is 0 Å². The molecule has 2 aromatic heterocycles. The molecule has 96 valence electrons. The molecular formula is C14H13BrN4. The molecule has 0 amide bonds. The lowest BCUT2D eigenvalue weighted by molar-refractivity contribution is 0.966. The minimum absolute atomic E-state index is 0.794. The number of imidazole rings is 1. The molecule has 0 bridgehead atoms. The van der Waals surface area contributed by atoms with Gasteiger partial charge in [-0.2, -0.15) is 0 Å². The molecule has 0 radical (unpaired) electrons. The van der Waals surface area contributed by atoms with Crippen LogP contribution < -0.4 is 4.90 Å². The zero-order valence-corrected chi connectivity index (χ0v) is 12.1. The molecule has 5 heteroatoms. The first-order valence-electron chi connectivity index (χ1n) is 6.11. The first-order valence-corrected chi connectivity index (χ1v) is 6.90. The highest BCUT2D eigenvalue weighted by atomic mass is 79.9. The molecule has 0 unspecified atom stereocenters. The van der Waals surface area contributed by atoms with Gasteiger partial charge in [0, 0.05) is 30.8 Å². The minimum Gasteiger partial charge on any atom is -0.324 e. The molecule has 19 heavy (non-hydrogen) atoms. The molecule has 3 rings (SSSR count). The van der Waals surface area contributed by atoms with Gasteiger partial charge in [-0.05, 0) is 35.0 Å². The molecule has 2 heterocycles. The van der Waals surface area contributed by atoms with E-state index in [0.29, 0.717) is 0 Å². The van der Waals surface area contributed by atoms with E-state index in [9.17, 15) is 0 Å². The van der Waals surface area contributed by atoms with Gasteiger partial charge in [-0.15, -0.1) is 0 Å². The smallest absolute Gasteiger partial charge is 0.180 e. The van der Waals surface area contributed by atoms with Gasteiger partial charge in [0.15, 0.2) is 11.5 Å². The van der Waals surface area contributed by atoms with Crippen molar-refractivity contribution in [2.24, 2.45) is 0 Å². The van der Waals surface area contributed by atoms with Gasteiger partial charge in [0.1, 0.15) is 4.60 Å². The van der Waals surface area contributed by atoms with Crippen LogP contribution in [0.4, 0.5) is 11.5 Å². The summed E-state index contributed by atoms with van der Waals surface area (Å²) in [5, 5.41) is 0. The molecule has 0 saturated heterocycles. The minimum atomic E-state index is 0.794. The molecule has 1 aromatic carbocycles. The Morgan fingerprint density at radius 3 is 2.79 bits per heavy atom. The van der Waals surface area contributed by atoms with Crippen LogP contribution in [0.2, 0.25) is 0 Å². The van der Waals surface area contributed by atoms with E-state index in [2.05, 4.69) is 49.9 Å². The number of nitrogens with zero attached hydrogens (tertiary/aromatic N) is 4. The largest absolute Gasteiger partial charge is 0.324 e. The molecule has 0 atom stereocenters. The van der Waals surface area contributed by atoms with Gasteiger partial charge in [-0.25, -0.2) is 9.97 Å². The monoisotopic (exact) mass is 316 g/mol. The normalized spacial score (nSPS) is 10.8. The van der Waals surface area contributed by atoms with Crippen molar-refractivity contribution in [2.75, 3.05) is 11.4 Å². The molecule has 0 N–H and O–H groups in total. The summed E-state index contributed by atoms with van der Waals surface area (Å²) in [5.41, 5.74) is 1.97. The van der Waals surface area contributed by atoms with Crippen LogP contribution >= 0.6 is 15.9 Å². The third-order valence-corrected chi connectivity index (χ3v) is 3.35. The number of halogens is 1. The SMILES string of the molecule is CCN(c1ccccc1)c1nc(Br)cn2ccnc12. The molecule has 0 aliphatic heterocycles. The van der Waals surface area contributed by atoms with E-state index in [1.807, 2.05) is 35.0 Å². The summed E-state index contributed by atoms with van der Waals surface area (Å²) in [6.45, 7) is 2.94. The fourth-order valence-electron chi connectivity index (χ4n) is 2.13. The first kappa shape index (κ1) is 12.2. The van der Waals surface area contributed by atoms with Crippen LogP contribution in [0.25, 0.3) is 5.65 Å². The number of hydrogen-bond acceptors (Lipinski definition) is 3. The number of rotatable bonds is 3. The van der Waals surface area contributed by atoms with Crippen LogP contribution in [0.3, 0.4) is 0 Å². The second-order valence-electron chi connectivity index (χ2n) is 4.13. The summed E-state index contributed by atoms with van der Waals surface area (Å²) in [6.07, 6.45) is 5.61. The Labute approximate surface area is 119 Å². The third kappa shape index (κ3) is 2.21. The summed E-state index contributed by atoms with van der Waals surface area (Å²) in [7, 11) is 0. The lowest BCUT2D eigenvalue weighted by Gasteiger charge is -2.22. The molecular weight excluding hydrogens is 304 g/mol. The molecule has 0 fully saturated rings. The van der Waals surface area contributed by atoms with Gasteiger partial charge in [0.2, 0.25) is 0 Å². The van der Waals surface area contributed by atoms with Crippen molar-refractivity contribution in [1.29, 1.82) is 0 Å². The van der Waals surface area contributed by atoms with Crippen molar-refractivity contribution >= 4 is 33.1 Å². The number of benzene rings is 1. The second-order valence-corrected chi connectivity index (χ2v) is 4.94. The molecule has 0 saturated carbocycles. The van der Waals surface area contributed by atoms with E-state index in [1.54, 1.807) is 6.20 Å². The van der Waals surface area contributed by atoms with Crippen molar-refractivity contribution < 1.29 is 0 Å². The molecule has 0 aliphatic carbocycles. The zero-order valence-electron chi connectivity index (χ0n) is 10.5. The number of para-hydroxylation sites is 1. The van der Waals surface area contributed by atoms with Crippen molar-refractivity contribution in [3.8, 4) is 0 Å². The maximum Gasteiger partial charge on any atom is 0.180 e. The van der Waals surface area contributed by atoms with Crippen molar-refractivity contribution in [1.82, 2.24) is 14.4 Å². The van der Waals surface area contributed by atoms with Crippen molar-refractivity contribution in [2.45, 2.75) is 6.92 Å². The van der Waals surface area contributed by atoms with Crippen molar-refractivity contribution in [3.05, 3.63) is 53.5 Å². The third-order valence-electron chi connectivity index (χ3n) is 2.97. The maximum atomic E-state index is 4.58. The molecule has 0 spiro atoms. The highest BCUT2D eigenvalue weighted by Gasteiger charge is 2.14. The summed E-state index contributed by atoms with van der Waals surface area (Å²) in [4.78, 5) is 11.1. The van der Waals surface area contributed by atoms with Crippen LogP contribution in [0.5, 0.6) is 0 Å². The van der Waals surface area contributed by atoms with Gasteiger partial charge in [0.25, 0.3) is 0 Å². The summed E-state index contributed by atoms with van der Waals surface area (Å²) in [5.74, 6) is 0.855. The molecule has 4 nitrogen and oxygen atoms in total. The highest BCUT2D eigenvalue weighted by molar-refractivity contribution is 9.10. The predicted octanol–water partition coefficient (Wildman–Crippen LogP) is 3.65. The quantitative estimate of drug-likeness (QED) is 0.739.